The molecule has 0 heterocycles. The summed E-state index contributed by atoms with van der Waals surface area (Å²) in [6.45, 7) is 3.32. The Morgan fingerprint density at radius 3 is 2.76 bits per heavy atom. The fourth-order valence-electron chi connectivity index (χ4n) is 3.18. The summed E-state index contributed by atoms with van der Waals surface area (Å²) in [5.41, 5.74) is 1.54. The molecule has 3 rings (SSSR count). The van der Waals surface area contributed by atoms with Gasteiger partial charge in [0.1, 0.15) is 5.83 Å². The highest BCUT2D eigenvalue weighted by Crippen LogP contribution is 2.41. The average Bonchev–Trinajstić information content (AvgIpc) is 2.62. The quantitative estimate of drug-likeness (QED) is 0.594. The summed E-state index contributed by atoms with van der Waals surface area (Å²) in [6.07, 6.45) is 4.88. The first-order valence-corrected chi connectivity index (χ1v) is 8.63. The lowest BCUT2D eigenvalue weighted by atomic mass is 9.83. The molecule has 0 amide bonds. The van der Waals surface area contributed by atoms with Gasteiger partial charge in [-0.05, 0) is 42.2 Å². The lowest BCUT2D eigenvalue weighted by molar-refractivity contribution is 0.151. The molecule has 1 aliphatic carbocycles. The normalized spacial score (nSPS) is 19.7. The maximum atomic E-state index is 15.5. The molecule has 2 aromatic rings. The summed E-state index contributed by atoms with van der Waals surface area (Å²) in [6, 6.07) is 15.3. The van der Waals surface area contributed by atoms with Crippen LogP contribution in [0.25, 0.3) is 11.1 Å². The number of hydrogen-bond donors (Lipinski definition) is 0. The zero-order valence-corrected chi connectivity index (χ0v) is 14.3. The van der Waals surface area contributed by atoms with Gasteiger partial charge in [0.25, 0.3) is 0 Å². The van der Waals surface area contributed by atoms with Crippen molar-refractivity contribution in [3.8, 4) is 11.1 Å². The molecule has 1 aliphatic rings. The standard InChI is InChI=1S/C22H22F2O/c1-2-25-14-12-17-7-5-8-18(15-17)20-10-3-4-11-21(20)22(24)13-6-9-19(23)16-22/h3-11,15-16H,2,12-14H2,1H3. The summed E-state index contributed by atoms with van der Waals surface area (Å²) in [5, 5.41) is 0. The van der Waals surface area contributed by atoms with E-state index >= 15 is 4.39 Å². The fraction of sp³-hybridized carbons (Fsp3) is 0.273. The van der Waals surface area contributed by atoms with Gasteiger partial charge in [0.2, 0.25) is 0 Å². The summed E-state index contributed by atoms with van der Waals surface area (Å²) in [5.74, 6) is -0.533. The molecular weight excluding hydrogens is 318 g/mol. The molecule has 25 heavy (non-hydrogen) atoms. The van der Waals surface area contributed by atoms with E-state index < -0.39 is 11.5 Å². The SMILES string of the molecule is CCOCCc1cccc(-c2ccccc2C2(F)C=C(F)C=CC2)c1. The molecule has 0 bridgehead atoms. The van der Waals surface area contributed by atoms with Gasteiger partial charge in [0.05, 0.1) is 6.61 Å². The van der Waals surface area contributed by atoms with Gasteiger partial charge >= 0.3 is 0 Å². The van der Waals surface area contributed by atoms with Crippen LogP contribution >= 0.6 is 0 Å². The highest BCUT2D eigenvalue weighted by atomic mass is 19.1. The number of alkyl halides is 1. The molecule has 1 atom stereocenters. The Labute approximate surface area is 147 Å². The molecule has 1 nitrogen and oxygen atoms in total. The highest BCUT2D eigenvalue weighted by molar-refractivity contribution is 5.70. The van der Waals surface area contributed by atoms with Gasteiger partial charge in [-0.2, -0.15) is 0 Å². The van der Waals surface area contributed by atoms with Crippen LogP contribution in [-0.2, 0) is 16.8 Å². The van der Waals surface area contributed by atoms with Crippen molar-refractivity contribution in [2.75, 3.05) is 13.2 Å². The van der Waals surface area contributed by atoms with E-state index in [1.807, 2.05) is 37.3 Å². The topological polar surface area (TPSA) is 9.23 Å². The smallest absolute Gasteiger partial charge is 0.161 e. The Hall–Kier alpha value is -2.26. The molecule has 0 aromatic heterocycles. The van der Waals surface area contributed by atoms with Crippen molar-refractivity contribution in [3.05, 3.63) is 83.7 Å². The second-order valence-corrected chi connectivity index (χ2v) is 6.19. The van der Waals surface area contributed by atoms with Crippen LogP contribution in [0.1, 0.15) is 24.5 Å². The van der Waals surface area contributed by atoms with E-state index in [9.17, 15) is 4.39 Å². The van der Waals surface area contributed by atoms with E-state index in [1.54, 1.807) is 18.2 Å². The van der Waals surface area contributed by atoms with Crippen molar-refractivity contribution < 1.29 is 13.5 Å². The van der Waals surface area contributed by atoms with E-state index in [2.05, 4.69) is 6.07 Å². The first-order valence-electron chi connectivity index (χ1n) is 8.63. The lowest BCUT2D eigenvalue weighted by Crippen LogP contribution is -2.19. The Kier molecular flexibility index (Phi) is 5.44. The largest absolute Gasteiger partial charge is 0.381 e. The molecular formula is C22H22F2O. The van der Waals surface area contributed by atoms with E-state index in [0.29, 0.717) is 18.8 Å². The van der Waals surface area contributed by atoms with Gasteiger partial charge in [0, 0.05) is 18.6 Å². The van der Waals surface area contributed by atoms with Crippen molar-refractivity contribution in [2.45, 2.75) is 25.4 Å². The van der Waals surface area contributed by atoms with Gasteiger partial charge in [0.15, 0.2) is 5.67 Å². The second-order valence-electron chi connectivity index (χ2n) is 6.19. The molecule has 0 saturated carbocycles. The molecule has 1 unspecified atom stereocenters. The number of benzene rings is 2. The lowest BCUT2D eigenvalue weighted by Gasteiger charge is -2.26. The van der Waals surface area contributed by atoms with Crippen LogP contribution in [0, 0.1) is 0 Å². The number of ether oxygens (including phenoxy) is 1. The third-order valence-electron chi connectivity index (χ3n) is 4.41. The fourth-order valence-corrected chi connectivity index (χ4v) is 3.18. The molecule has 0 aliphatic heterocycles. The molecule has 130 valence electrons. The Morgan fingerprint density at radius 2 is 1.96 bits per heavy atom. The van der Waals surface area contributed by atoms with E-state index in [0.717, 1.165) is 29.2 Å². The molecule has 3 heteroatoms. The predicted octanol–water partition coefficient (Wildman–Crippen LogP) is 5.91. The Bertz CT molecular complexity index is 794. The van der Waals surface area contributed by atoms with Gasteiger partial charge in [-0.25, -0.2) is 8.78 Å². The van der Waals surface area contributed by atoms with E-state index in [1.165, 1.54) is 6.08 Å². The van der Waals surface area contributed by atoms with Crippen molar-refractivity contribution >= 4 is 0 Å². The maximum absolute atomic E-state index is 15.5. The summed E-state index contributed by atoms with van der Waals surface area (Å²) in [7, 11) is 0. The summed E-state index contributed by atoms with van der Waals surface area (Å²) < 4.78 is 34.5. The monoisotopic (exact) mass is 340 g/mol. The molecule has 2 aromatic carbocycles. The van der Waals surface area contributed by atoms with E-state index in [4.69, 9.17) is 4.74 Å². The number of allylic oxidation sites excluding steroid dienone is 4. The first kappa shape index (κ1) is 17.6. The van der Waals surface area contributed by atoms with Crippen molar-refractivity contribution in [3.63, 3.8) is 0 Å². The second kappa shape index (κ2) is 7.75. The minimum absolute atomic E-state index is 0.140. The highest BCUT2D eigenvalue weighted by Gasteiger charge is 2.33. The van der Waals surface area contributed by atoms with Gasteiger partial charge in [-0.3, -0.25) is 0 Å². The number of halogens is 2. The van der Waals surface area contributed by atoms with Crippen LogP contribution in [0.5, 0.6) is 0 Å². The van der Waals surface area contributed by atoms with Crippen LogP contribution in [0.15, 0.2) is 72.6 Å². The Morgan fingerprint density at radius 1 is 1.12 bits per heavy atom. The third-order valence-corrected chi connectivity index (χ3v) is 4.41. The van der Waals surface area contributed by atoms with Crippen LogP contribution in [0.3, 0.4) is 0 Å². The average molecular weight is 340 g/mol. The van der Waals surface area contributed by atoms with Crippen molar-refractivity contribution in [1.82, 2.24) is 0 Å². The Balaban J connectivity index is 1.97. The van der Waals surface area contributed by atoms with Gasteiger partial charge < -0.3 is 4.74 Å². The van der Waals surface area contributed by atoms with Gasteiger partial charge in [-0.15, -0.1) is 0 Å². The molecule has 0 spiro atoms. The minimum atomic E-state index is -1.82. The molecule has 0 fully saturated rings. The van der Waals surface area contributed by atoms with Crippen LogP contribution < -0.4 is 0 Å². The molecule has 0 N–H and O–H groups in total. The van der Waals surface area contributed by atoms with Crippen LogP contribution in [-0.4, -0.2) is 13.2 Å². The summed E-state index contributed by atoms with van der Waals surface area (Å²) >= 11 is 0. The van der Waals surface area contributed by atoms with Crippen LogP contribution in [0.2, 0.25) is 0 Å². The predicted molar refractivity (Wildman–Crippen MR) is 97.8 cm³/mol. The third kappa shape index (κ3) is 4.05. The first-order chi connectivity index (χ1) is 12.1. The maximum Gasteiger partial charge on any atom is 0.161 e. The van der Waals surface area contributed by atoms with E-state index in [-0.39, 0.29) is 6.42 Å². The number of rotatable bonds is 6. The van der Waals surface area contributed by atoms with Crippen molar-refractivity contribution in [2.24, 2.45) is 0 Å². The number of hydrogen-bond acceptors (Lipinski definition) is 1. The molecule has 0 saturated heterocycles. The van der Waals surface area contributed by atoms with Crippen molar-refractivity contribution in [1.29, 1.82) is 0 Å². The minimum Gasteiger partial charge on any atom is -0.381 e. The van der Waals surface area contributed by atoms with Crippen LogP contribution in [0.4, 0.5) is 8.78 Å². The van der Waals surface area contributed by atoms with Gasteiger partial charge in [-0.1, -0.05) is 54.6 Å². The zero-order chi connectivity index (χ0) is 17.7. The zero-order valence-electron chi connectivity index (χ0n) is 14.3. The summed E-state index contributed by atoms with van der Waals surface area (Å²) in [4.78, 5) is 0. The molecule has 0 radical (unpaired) electrons.